The summed E-state index contributed by atoms with van der Waals surface area (Å²) < 4.78 is 10.7. The van der Waals surface area contributed by atoms with Crippen LogP contribution in [0, 0.1) is 0 Å². The second kappa shape index (κ2) is 33.9. The fourth-order valence-electron chi connectivity index (χ4n) is 10.2. The molecule has 4 amide bonds. The fraction of sp³-hybridized carbons (Fsp3) is 0.303. The predicted molar refractivity (Wildman–Crippen MR) is 341 cm³/mol. The van der Waals surface area contributed by atoms with Crippen LogP contribution in [-0.2, 0) is 54.9 Å². The Labute approximate surface area is 525 Å². The van der Waals surface area contributed by atoms with Crippen LogP contribution in [0.4, 0.5) is 5.69 Å². The molecule has 23 nitrogen and oxygen atoms in total. The number of carbonyl (C=O) groups is 6. The van der Waals surface area contributed by atoms with E-state index in [0.29, 0.717) is 106 Å². The summed E-state index contributed by atoms with van der Waals surface area (Å²) in [7, 11) is 1.20. The maximum absolute atomic E-state index is 14.1. The van der Waals surface area contributed by atoms with E-state index in [1.54, 1.807) is 49.1 Å². The molecule has 1 aliphatic heterocycles. The van der Waals surface area contributed by atoms with Crippen molar-refractivity contribution in [2.75, 3.05) is 45.2 Å². The van der Waals surface area contributed by atoms with Gasteiger partial charge in [-0.2, -0.15) is 0 Å². The largest absolute Gasteiger partial charge is 0.508 e. The van der Waals surface area contributed by atoms with E-state index < -0.39 is 54.8 Å². The monoisotopic (exact) mass is 1240 g/mol. The molecule has 0 fully saturated rings. The molecule has 5 heterocycles. The van der Waals surface area contributed by atoms with E-state index in [1.165, 1.54) is 37.4 Å². The molecule has 468 valence electrons. The second-order valence-corrected chi connectivity index (χ2v) is 21.7. The second-order valence-electron chi connectivity index (χ2n) is 21.3. The lowest BCUT2D eigenvalue weighted by molar-refractivity contribution is -0.141. The van der Waals surface area contributed by atoms with Gasteiger partial charge in [0.05, 0.1) is 42.0 Å². The zero-order valence-corrected chi connectivity index (χ0v) is 50.6. The molecule has 2 atom stereocenters. The lowest BCUT2D eigenvalue weighted by Crippen LogP contribution is -2.52. The topological polar surface area (TPSA) is 313 Å². The number of phenolic OH excluding ortho intramolecular Hbond substituents is 1. The molecule has 0 radical (unpaired) electrons. The first-order valence-corrected chi connectivity index (χ1v) is 30.0. The van der Waals surface area contributed by atoms with Gasteiger partial charge in [0.1, 0.15) is 35.7 Å². The van der Waals surface area contributed by atoms with E-state index in [0.717, 1.165) is 22.8 Å². The molecule has 90 heavy (non-hydrogen) atoms. The van der Waals surface area contributed by atoms with Gasteiger partial charge in [-0.25, -0.2) is 4.79 Å². The Morgan fingerprint density at radius 1 is 0.600 bits per heavy atom. The van der Waals surface area contributed by atoms with Crippen LogP contribution in [-0.4, -0.2) is 133 Å². The number of benzene rings is 3. The number of carboxylic acid groups (broad SMARTS) is 1. The Hall–Kier alpha value is -10.0. The molecule has 0 bridgehead atoms. The van der Waals surface area contributed by atoms with Crippen LogP contribution in [0.1, 0.15) is 84.5 Å². The zero-order valence-electron chi connectivity index (χ0n) is 49.8. The van der Waals surface area contributed by atoms with Crippen molar-refractivity contribution in [3.8, 4) is 28.2 Å². The summed E-state index contributed by atoms with van der Waals surface area (Å²) in [6.07, 6.45) is 9.92. The molecule has 24 heteroatoms. The summed E-state index contributed by atoms with van der Waals surface area (Å²) in [5.41, 5.74) is 5.06. The van der Waals surface area contributed by atoms with E-state index in [-0.39, 0.29) is 58.4 Å². The molecule has 1 aliphatic carbocycles. The number of esters is 1. The van der Waals surface area contributed by atoms with Gasteiger partial charge in [0.2, 0.25) is 23.6 Å². The average Bonchev–Trinajstić information content (AvgIpc) is 0.760. The van der Waals surface area contributed by atoms with Crippen LogP contribution in [0.2, 0.25) is 0 Å². The number of nitrogens with zero attached hydrogens (tertiary/aromatic N) is 6. The normalized spacial score (nSPS) is 11.8. The van der Waals surface area contributed by atoms with E-state index in [2.05, 4.69) is 61.6 Å². The number of thiocarbonyl (C=S) groups is 1. The van der Waals surface area contributed by atoms with Crippen LogP contribution in [0.5, 0.6) is 5.75 Å². The number of rotatable bonds is 33. The van der Waals surface area contributed by atoms with E-state index in [9.17, 15) is 43.8 Å². The summed E-state index contributed by atoms with van der Waals surface area (Å²) in [5, 5.41) is 38.4. The summed E-state index contributed by atoms with van der Waals surface area (Å²) in [5.74, 6) is -3.97. The quantitative estimate of drug-likeness (QED) is 0.00914. The standard InChI is InChI=1S/C66H72N12O11S/c1-88-61(83)39-73-64(85)56(20-14-34-78(42-47-17-6-11-30-69-47)43-48-18-7-12-31-70-48)76-60(82)38-72-63(84)55(19-13-33-77(40-45-15-4-9-28-67-45)41-46-16-5-10-29-68-46)75-59(81)21-3-2-8-32-71-66(90)74-44-22-25-51(54(35-44)65(86)87)62-52-26-23-49(79)36-57(52)89-58-37-50(80)24-27-53(58)62/h4-7,9-12,15-18,22-31,35-37,55-56,79H,2-3,8,13-14,19-21,32-34,38-43H2,1H3,(H,72,84)(H,73,85)(H,75,81)(H,76,82)(H,86,87)(H2,71,74,90)/t55-,56-/m0/s1. The number of aromatic carboxylic acids is 1. The third-order valence-electron chi connectivity index (χ3n) is 14.6. The van der Waals surface area contributed by atoms with Crippen molar-refractivity contribution in [1.82, 2.24) is 56.3 Å². The van der Waals surface area contributed by atoms with Crippen LogP contribution in [0.15, 0.2) is 161 Å². The van der Waals surface area contributed by atoms with Gasteiger partial charge in [-0.15, -0.1) is 0 Å². The molecule has 4 aromatic heterocycles. The maximum Gasteiger partial charge on any atom is 0.336 e. The van der Waals surface area contributed by atoms with Crippen molar-refractivity contribution in [2.45, 2.75) is 89.6 Å². The first-order chi connectivity index (χ1) is 43.7. The molecule has 0 saturated heterocycles. The predicted octanol–water partition coefficient (Wildman–Crippen LogP) is 6.74. The number of nitrogens with one attached hydrogen (secondary N) is 6. The number of ether oxygens (including phenoxy) is 1. The Morgan fingerprint density at radius 3 is 1.68 bits per heavy atom. The number of hydrogen-bond donors (Lipinski definition) is 8. The highest BCUT2D eigenvalue weighted by molar-refractivity contribution is 7.80. The lowest BCUT2D eigenvalue weighted by Gasteiger charge is -2.24. The van der Waals surface area contributed by atoms with Crippen LogP contribution < -0.4 is 37.3 Å². The molecule has 0 saturated carbocycles. The number of carbonyl (C=O) groups excluding carboxylic acids is 5. The summed E-state index contributed by atoms with van der Waals surface area (Å²) in [4.78, 5) is 114. The Kier molecular flexibility index (Phi) is 24.8. The number of anilines is 1. The smallest absolute Gasteiger partial charge is 0.336 e. The van der Waals surface area contributed by atoms with Gasteiger partial charge in [-0.3, -0.25) is 58.5 Å². The number of pyridine rings is 4. The zero-order chi connectivity index (χ0) is 63.6. The summed E-state index contributed by atoms with van der Waals surface area (Å²) in [6.45, 7) is 2.47. The highest BCUT2D eigenvalue weighted by Gasteiger charge is 2.27. The van der Waals surface area contributed by atoms with Gasteiger partial charge in [0.15, 0.2) is 10.5 Å². The molecule has 2 aromatic carbocycles. The van der Waals surface area contributed by atoms with Gasteiger partial charge < -0.3 is 51.3 Å². The summed E-state index contributed by atoms with van der Waals surface area (Å²) in [6, 6.07) is 34.1. The number of carboxylic acids is 1. The lowest BCUT2D eigenvalue weighted by atomic mass is 9.90. The number of phenols is 1. The number of aromatic nitrogens is 4. The van der Waals surface area contributed by atoms with Gasteiger partial charge in [0, 0.05) is 98.3 Å². The molecule has 8 rings (SSSR count). The Balaban J connectivity index is 0.864. The minimum absolute atomic E-state index is 0.0487. The number of hydrogen-bond acceptors (Lipinski definition) is 17. The number of methoxy groups -OCH3 is 1. The number of amides is 4. The van der Waals surface area contributed by atoms with Crippen molar-refractivity contribution < 1.29 is 48.1 Å². The molecule has 0 spiro atoms. The van der Waals surface area contributed by atoms with Crippen molar-refractivity contribution in [2.24, 2.45) is 0 Å². The highest BCUT2D eigenvalue weighted by Crippen LogP contribution is 2.42. The average molecular weight is 1240 g/mol. The Bertz CT molecular complexity index is 3650. The van der Waals surface area contributed by atoms with E-state index in [1.807, 2.05) is 72.8 Å². The Morgan fingerprint density at radius 2 is 1.14 bits per heavy atom. The van der Waals surface area contributed by atoms with E-state index >= 15 is 0 Å². The number of aromatic hydroxyl groups is 1. The molecular weight excluding hydrogens is 1170 g/mol. The van der Waals surface area contributed by atoms with Crippen molar-refractivity contribution in [3.05, 3.63) is 191 Å². The SMILES string of the molecule is COC(=O)CNC(=O)[C@H](CCCN(Cc1ccccn1)Cc1ccccn1)NC(=O)CNC(=O)[C@H](CCCN(Cc1ccccn1)Cc1ccccn1)NC(=O)CCCCCNC(=S)Nc1ccc(-c2c3ccc(=O)cc-3oc3cc(O)ccc23)c(C(=O)O)c1. The third kappa shape index (κ3) is 20.5. The maximum atomic E-state index is 14.1. The molecule has 2 aliphatic rings. The van der Waals surface area contributed by atoms with Crippen LogP contribution in [0.25, 0.3) is 33.4 Å². The molecule has 8 N–H and O–H groups in total. The molecule has 6 aromatic rings. The van der Waals surface area contributed by atoms with Gasteiger partial charge in [-0.05, 0) is 154 Å². The van der Waals surface area contributed by atoms with Gasteiger partial charge in [-0.1, -0.05) is 36.8 Å². The number of unbranched alkanes of at least 4 members (excludes halogenated alkanes) is 2. The molecule has 0 unspecified atom stereocenters. The minimum atomic E-state index is -1.21. The highest BCUT2D eigenvalue weighted by atomic mass is 32.1. The van der Waals surface area contributed by atoms with Crippen LogP contribution >= 0.6 is 12.2 Å². The third-order valence-corrected chi connectivity index (χ3v) is 14.8. The van der Waals surface area contributed by atoms with Crippen molar-refractivity contribution >= 4 is 69.6 Å². The van der Waals surface area contributed by atoms with Gasteiger partial charge >= 0.3 is 11.9 Å². The fourth-order valence-corrected chi connectivity index (χ4v) is 10.4. The van der Waals surface area contributed by atoms with E-state index in [4.69, 9.17) is 21.4 Å². The minimum Gasteiger partial charge on any atom is -0.508 e. The van der Waals surface area contributed by atoms with Gasteiger partial charge in [0.25, 0.3) is 0 Å². The first-order valence-electron chi connectivity index (χ1n) is 29.6. The molecular formula is C66H72N12O11S. The summed E-state index contributed by atoms with van der Waals surface area (Å²) >= 11 is 5.57. The number of fused-ring (bicyclic) bond motifs is 2. The van der Waals surface area contributed by atoms with Crippen molar-refractivity contribution in [1.29, 1.82) is 0 Å². The van der Waals surface area contributed by atoms with Crippen LogP contribution in [0.3, 0.4) is 0 Å². The van der Waals surface area contributed by atoms with Crippen molar-refractivity contribution in [3.63, 3.8) is 0 Å². The first kappa shape index (κ1) is 65.9.